The predicted molar refractivity (Wildman–Crippen MR) is 138 cm³/mol. The molecule has 0 atom stereocenters. The minimum Gasteiger partial charge on any atom is -0.375 e. The van der Waals surface area contributed by atoms with Gasteiger partial charge in [0.2, 0.25) is 0 Å². The van der Waals surface area contributed by atoms with Gasteiger partial charge in [-0.3, -0.25) is 0 Å². The largest absolute Gasteiger partial charge is 0.375 e. The zero-order valence-electron chi connectivity index (χ0n) is 17.7. The molecule has 1 aromatic heterocycles. The van der Waals surface area contributed by atoms with Crippen LogP contribution in [0, 0.1) is 6.92 Å². The Kier molecular flexibility index (Phi) is 4.24. The van der Waals surface area contributed by atoms with E-state index in [2.05, 4.69) is 98.9 Å². The number of hydrogen-bond donors (Lipinski definition) is 1. The van der Waals surface area contributed by atoms with Crippen molar-refractivity contribution in [1.29, 1.82) is 0 Å². The molecule has 4 heteroatoms. The molecule has 6 rings (SSSR count). The minimum absolute atomic E-state index is 0.0915. The van der Waals surface area contributed by atoms with Crippen LogP contribution in [-0.4, -0.2) is 10.5 Å². The molecule has 0 saturated carbocycles. The standard InChI is InChI=1S/C27H22N2S2/c1-16-12-13-19-23(14-16)29-27(2,3)26-25(19)24(30-31-26)15-20-17-8-4-6-10-21(17)28-22-11-7-5-9-18(20)22/h4-15,29H,1-3H3. The highest BCUT2D eigenvalue weighted by molar-refractivity contribution is 8.80. The zero-order valence-corrected chi connectivity index (χ0v) is 19.3. The molecule has 0 radical (unpaired) electrons. The molecular weight excluding hydrogens is 416 g/mol. The molecule has 0 spiro atoms. The average Bonchev–Trinajstić information content (AvgIpc) is 3.18. The maximum atomic E-state index is 4.90. The summed E-state index contributed by atoms with van der Waals surface area (Å²) in [6, 6.07) is 23.7. The van der Waals surface area contributed by atoms with Crippen LogP contribution in [0.3, 0.4) is 0 Å². The Morgan fingerprint density at radius 2 is 1.55 bits per heavy atom. The normalized spacial score (nSPS) is 18.4. The van der Waals surface area contributed by atoms with E-state index in [0.29, 0.717) is 0 Å². The maximum absolute atomic E-state index is 4.90. The van der Waals surface area contributed by atoms with Crippen molar-refractivity contribution in [2.75, 3.05) is 5.32 Å². The number of benzene rings is 3. The number of rotatable bonds is 1. The topological polar surface area (TPSA) is 24.9 Å². The maximum Gasteiger partial charge on any atom is 0.0715 e. The molecule has 3 heterocycles. The lowest BCUT2D eigenvalue weighted by molar-refractivity contribution is 0.698. The molecule has 3 aromatic carbocycles. The van der Waals surface area contributed by atoms with Gasteiger partial charge in [-0.1, -0.05) is 70.1 Å². The monoisotopic (exact) mass is 438 g/mol. The number of anilines is 1. The molecule has 1 N–H and O–H groups in total. The molecule has 31 heavy (non-hydrogen) atoms. The molecule has 0 saturated heterocycles. The highest BCUT2D eigenvalue weighted by atomic mass is 33.1. The van der Waals surface area contributed by atoms with Crippen LogP contribution in [0.1, 0.15) is 30.5 Å². The fraction of sp³-hybridized carbons (Fsp3) is 0.148. The highest BCUT2D eigenvalue weighted by Gasteiger charge is 2.38. The molecule has 0 amide bonds. The summed E-state index contributed by atoms with van der Waals surface area (Å²) in [7, 11) is 3.76. The van der Waals surface area contributed by atoms with E-state index in [4.69, 9.17) is 4.98 Å². The average molecular weight is 439 g/mol. The molecule has 0 bridgehead atoms. The van der Waals surface area contributed by atoms with Crippen LogP contribution in [0.25, 0.3) is 33.5 Å². The highest BCUT2D eigenvalue weighted by Crippen LogP contribution is 2.61. The van der Waals surface area contributed by atoms with E-state index >= 15 is 0 Å². The smallest absolute Gasteiger partial charge is 0.0715 e. The summed E-state index contributed by atoms with van der Waals surface area (Å²) >= 11 is 0. The third kappa shape index (κ3) is 3.00. The van der Waals surface area contributed by atoms with Crippen LogP contribution in [0.2, 0.25) is 0 Å². The fourth-order valence-electron chi connectivity index (χ4n) is 4.58. The van der Waals surface area contributed by atoms with Gasteiger partial charge < -0.3 is 5.32 Å². The van der Waals surface area contributed by atoms with Crippen LogP contribution in [0.4, 0.5) is 5.69 Å². The predicted octanol–water partition coefficient (Wildman–Crippen LogP) is 8.05. The third-order valence-corrected chi connectivity index (χ3v) is 8.81. The second-order valence-electron chi connectivity index (χ2n) is 8.74. The fourth-order valence-corrected chi connectivity index (χ4v) is 7.63. The minimum atomic E-state index is -0.0915. The number of allylic oxidation sites excluding steroid dienone is 1. The van der Waals surface area contributed by atoms with Gasteiger partial charge in [-0.2, -0.15) is 0 Å². The van der Waals surface area contributed by atoms with Crippen molar-refractivity contribution in [3.63, 3.8) is 0 Å². The van der Waals surface area contributed by atoms with Gasteiger partial charge >= 0.3 is 0 Å². The van der Waals surface area contributed by atoms with E-state index in [1.807, 2.05) is 21.6 Å². The van der Waals surface area contributed by atoms with E-state index < -0.39 is 0 Å². The lowest BCUT2D eigenvalue weighted by atomic mass is 9.88. The Labute approximate surface area is 190 Å². The van der Waals surface area contributed by atoms with Crippen molar-refractivity contribution in [3.05, 3.63) is 93.2 Å². The van der Waals surface area contributed by atoms with E-state index in [1.54, 1.807) is 0 Å². The molecule has 4 aromatic rings. The first-order valence-corrected chi connectivity index (χ1v) is 12.6. The van der Waals surface area contributed by atoms with Gasteiger partial charge in [0.05, 0.1) is 16.6 Å². The van der Waals surface area contributed by atoms with Gasteiger partial charge in [-0.15, -0.1) is 0 Å². The number of nitrogens with zero attached hydrogens (tertiary/aromatic N) is 1. The Morgan fingerprint density at radius 1 is 0.871 bits per heavy atom. The van der Waals surface area contributed by atoms with Gasteiger partial charge in [0.1, 0.15) is 0 Å². The van der Waals surface area contributed by atoms with E-state index in [9.17, 15) is 0 Å². The van der Waals surface area contributed by atoms with Crippen molar-refractivity contribution >= 4 is 60.7 Å². The summed E-state index contributed by atoms with van der Waals surface area (Å²) in [5.41, 5.74) is 8.42. The first-order valence-electron chi connectivity index (χ1n) is 10.5. The van der Waals surface area contributed by atoms with Crippen LogP contribution in [0.5, 0.6) is 0 Å². The Balaban J connectivity index is 1.64. The summed E-state index contributed by atoms with van der Waals surface area (Å²) in [6.45, 7) is 6.71. The zero-order chi connectivity index (χ0) is 21.2. The van der Waals surface area contributed by atoms with Crippen molar-refractivity contribution in [2.24, 2.45) is 0 Å². The molecule has 2 aliphatic heterocycles. The lowest BCUT2D eigenvalue weighted by Gasteiger charge is -2.35. The Morgan fingerprint density at radius 3 is 2.26 bits per heavy atom. The summed E-state index contributed by atoms with van der Waals surface area (Å²) in [6.07, 6.45) is 2.39. The molecule has 0 fully saturated rings. The van der Waals surface area contributed by atoms with Crippen molar-refractivity contribution in [3.8, 4) is 0 Å². The van der Waals surface area contributed by atoms with Crippen LogP contribution < -0.4 is 5.32 Å². The van der Waals surface area contributed by atoms with Crippen molar-refractivity contribution in [1.82, 2.24) is 4.98 Å². The first kappa shape index (κ1) is 19.0. The van der Waals surface area contributed by atoms with Crippen LogP contribution in [-0.2, 0) is 0 Å². The molecular formula is C27H22N2S2. The number of aryl methyl sites for hydroxylation is 1. The first-order chi connectivity index (χ1) is 15.0. The van der Waals surface area contributed by atoms with Gasteiger partial charge in [0, 0.05) is 37.4 Å². The number of aromatic nitrogens is 1. The second kappa shape index (κ2) is 6.91. The number of para-hydroxylation sites is 2. The van der Waals surface area contributed by atoms with Crippen molar-refractivity contribution < 1.29 is 0 Å². The van der Waals surface area contributed by atoms with E-state index in [1.165, 1.54) is 48.5 Å². The van der Waals surface area contributed by atoms with Gasteiger partial charge in [0.25, 0.3) is 0 Å². The number of hydrogen-bond acceptors (Lipinski definition) is 4. The molecule has 2 aliphatic rings. The Bertz CT molecular complexity index is 1390. The lowest BCUT2D eigenvalue weighted by Crippen LogP contribution is -2.35. The van der Waals surface area contributed by atoms with Crippen LogP contribution in [0.15, 0.2) is 76.5 Å². The van der Waals surface area contributed by atoms with Crippen molar-refractivity contribution in [2.45, 2.75) is 26.3 Å². The van der Waals surface area contributed by atoms with Gasteiger partial charge in [-0.05, 0) is 56.2 Å². The Hall–Kier alpha value is -2.69. The van der Waals surface area contributed by atoms with Crippen LogP contribution >= 0.6 is 21.6 Å². The second-order valence-corrected chi connectivity index (χ2v) is 10.9. The summed E-state index contributed by atoms with van der Waals surface area (Å²) in [5, 5.41) is 6.16. The van der Waals surface area contributed by atoms with Gasteiger partial charge in [0.15, 0.2) is 0 Å². The van der Waals surface area contributed by atoms with E-state index in [-0.39, 0.29) is 5.54 Å². The molecule has 0 unspecified atom stereocenters. The van der Waals surface area contributed by atoms with Gasteiger partial charge in [-0.25, -0.2) is 4.98 Å². The number of nitrogens with one attached hydrogen (secondary N) is 1. The molecule has 2 nitrogen and oxygen atoms in total. The van der Waals surface area contributed by atoms with E-state index in [0.717, 1.165) is 11.0 Å². The summed E-state index contributed by atoms with van der Waals surface area (Å²) in [4.78, 5) is 7.63. The quantitative estimate of drug-likeness (QED) is 0.240. The summed E-state index contributed by atoms with van der Waals surface area (Å²) < 4.78 is 0. The third-order valence-electron chi connectivity index (χ3n) is 6.05. The summed E-state index contributed by atoms with van der Waals surface area (Å²) in [5.74, 6) is 0. The molecule has 152 valence electrons. The number of pyridine rings is 1. The SMILES string of the molecule is Cc1ccc2c(c1)NC(C)(C)C1=C2C(=Cc2c3ccccc3nc3ccccc23)SS1. The number of fused-ring (bicyclic) bond motifs is 4. The molecule has 0 aliphatic carbocycles.